The summed E-state index contributed by atoms with van der Waals surface area (Å²) in [4.78, 5) is 4.17. The number of rotatable bonds is 3. The standard InChI is InChI=1S/C13H20BNO3/c1-9(2)16-12-6-11(7-15-8-12)14-17-10(3)13(4,5)18-14/h6-10H,1-5H3. The zero-order valence-corrected chi connectivity index (χ0v) is 11.6. The quantitative estimate of drug-likeness (QED) is 0.765. The van der Waals surface area contributed by atoms with Crippen LogP contribution in [0.2, 0.25) is 0 Å². The van der Waals surface area contributed by atoms with Crippen LogP contribution in [0.15, 0.2) is 18.5 Å². The number of hydrogen-bond donors (Lipinski definition) is 0. The van der Waals surface area contributed by atoms with Crippen LogP contribution in [0.4, 0.5) is 0 Å². The van der Waals surface area contributed by atoms with Crippen molar-refractivity contribution in [2.45, 2.75) is 52.4 Å². The molecule has 0 bridgehead atoms. The highest BCUT2D eigenvalue weighted by atomic mass is 16.7. The van der Waals surface area contributed by atoms with E-state index in [2.05, 4.69) is 4.98 Å². The van der Waals surface area contributed by atoms with Crippen LogP contribution in [0.1, 0.15) is 34.6 Å². The summed E-state index contributed by atoms with van der Waals surface area (Å²) < 4.78 is 17.3. The molecular weight excluding hydrogens is 229 g/mol. The van der Waals surface area contributed by atoms with E-state index >= 15 is 0 Å². The Morgan fingerprint density at radius 2 is 2.11 bits per heavy atom. The van der Waals surface area contributed by atoms with E-state index in [4.69, 9.17) is 14.0 Å². The largest absolute Gasteiger partial charge is 0.496 e. The second-order valence-electron chi connectivity index (χ2n) is 5.45. The molecule has 1 unspecified atom stereocenters. The molecule has 0 N–H and O–H groups in total. The van der Waals surface area contributed by atoms with Crippen LogP contribution >= 0.6 is 0 Å². The lowest BCUT2D eigenvalue weighted by Gasteiger charge is -2.21. The van der Waals surface area contributed by atoms with Crippen molar-refractivity contribution in [2.75, 3.05) is 0 Å². The number of pyridine rings is 1. The summed E-state index contributed by atoms with van der Waals surface area (Å²) in [6.07, 6.45) is 3.64. The molecule has 98 valence electrons. The molecule has 1 aromatic rings. The van der Waals surface area contributed by atoms with Crippen LogP contribution in [0.25, 0.3) is 0 Å². The molecule has 0 aliphatic carbocycles. The van der Waals surface area contributed by atoms with Crippen LogP contribution < -0.4 is 10.2 Å². The maximum Gasteiger partial charge on any atom is 0.496 e. The number of aromatic nitrogens is 1. The van der Waals surface area contributed by atoms with Crippen molar-refractivity contribution in [3.8, 4) is 5.75 Å². The summed E-state index contributed by atoms with van der Waals surface area (Å²) in [5.41, 5.74) is 0.616. The van der Waals surface area contributed by atoms with Gasteiger partial charge in [-0.1, -0.05) is 0 Å². The Bertz CT molecular complexity index is 422. The Kier molecular flexibility index (Phi) is 3.64. The Labute approximate surface area is 109 Å². The van der Waals surface area contributed by atoms with Crippen molar-refractivity contribution in [1.82, 2.24) is 4.98 Å². The first kappa shape index (κ1) is 13.4. The monoisotopic (exact) mass is 249 g/mol. The maximum absolute atomic E-state index is 5.89. The lowest BCUT2D eigenvalue weighted by molar-refractivity contribution is 0.0842. The van der Waals surface area contributed by atoms with Gasteiger partial charge in [0, 0.05) is 11.7 Å². The van der Waals surface area contributed by atoms with E-state index in [1.165, 1.54) is 0 Å². The van der Waals surface area contributed by atoms with Gasteiger partial charge in [-0.05, 0) is 40.7 Å². The molecule has 0 radical (unpaired) electrons. The summed E-state index contributed by atoms with van der Waals surface area (Å²) in [5.74, 6) is 0.743. The van der Waals surface area contributed by atoms with Gasteiger partial charge in [-0.25, -0.2) is 0 Å². The van der Waals surface area contributed by atoms with Crippen molar-refractivity contribution < 1.29 is 14.0 Å². The fraction of sp³-hybridized carbons (Fsp3) is 0.615. The van der Waals surface area contributed by atoms with E-state index in [1.54, 1.807) is 12.4 Å². The van der Waals surface area contributed by atoms with E-state index in [1.807, 2.05) is 40.7 Å². The maximum atomic E-state index is 5.89. The van der Waals surface area contributed by atoms with Crippen LogP contribution in [0.3, 0.4) is 0 Å². The second kappa shape index (κ2) is 4.90. The third-order valence-corrected chi connectivity index (χ3v) is 3.10. The van der Waals surface area contributed by atoms with Gasteiger partial charge in [0.15, 0.2) is 0 Å². The second-order valence-corrected chi connectivity index (χ2v) is 5.45. The lowest BCUT2D eigenvalue weighted by atomic mass is 9.80. The van der Waals surface area contributed by atoms with E-state index in [0.29, 0.717) is 0 Å². The van der Waals surface area contributed by atoms with Crippen LogP contribution in [0.5, 0.6) is 5.75 Å². The molecule has 1 aliphatic rings. The molecule has 1 aromatic heterocycles. The van der Waals surface area contributed by atoms with E-state index in [0.717, 1.165) is 11.2 Å². The van der Waals surface area contributed by atoms with Gasteiger partial charge in [0.05, 0.1) is 24.0 Å². The molecule has 1 atom stereocenters. The SMILES string of the molecule is CC(C)Oc1cncc(B2OC(C)C(C)(C)O2)c1. The van der Waals surface area contributed by atoms with Gasteiger partial charge >= 0.3 is 7.12 Å². The minimum absolute atomic E-state index is 0.0529. The molecule has 0 amide bonds. The Hall–Kier alpha value is -1.07. The minimum atomic E-state index is -0.363. The Morgan fingerprint density at radius 1 is 1.39 bits per heavy atom. The van der Waals surface area contributed by atoms with E-state index < -0.39 is 0 Å². The molecule has 0 spiro atoms. The summed E-state index contributed by atoms with van der Waals surface area (Å²) in [6.45, 7) is 10.0. The van der Waals surface area contributed by atoms with Crippen molar-refractivity contribution in [1.29, 1.82) is 0 Å². The summed E-state index contributed by atoms with van der Waals surface area (Å²) in [7, 11) is -0.363. The number of hydrogen-bond acceptors (Lipinski definition) is 4. The van der Waals surface area contributed by atoms with Crippen LogP contribution in [-0.2, 0) is 9.31 Å². The van der Waals surface area contributed by atoms with Gasteiger partial charge in [0.1, 0.15) is 5.75 Å². The van der Waals surface area contributed by atoms with Crippen molar-refractivity contribution in [2.24, 2.45) is 0 Å². The zero-order chi connectivity index (χ0) is 13.3. The minimum Gasteiger partial charge on any atom is -0.489 e. The molecule has 1 saturated heterocycles. The van der Waals surface area contributed by atoms with Gasteiger partial charge < -0.3 is 14.0 Å². The topological polar surface area (TPSA) is 40.6 Å². The predicted molar refractivity (Wildman–Crippen MR) is 71.1 cm³/mol. The lowest BCUT2D eigenvalue weighted by Crippen LogP contribution is -2.35. The molecule has 18 heavy (non-hydrogen) atoms. The predicted octanol–water partition coefficient (Wildman–Crippen LogP) is 1.78. The fourth-order valence-electron chi connectivity index (χ4n) is 1.80. The molecule has 5 heteroatoms. The normalized spacial score (nSPS) is 22.6. The van der Waals surface area contributed by atoms with Gasteiger partial charge in [0.2, 0.25) is 0 Å². The third kappa shape index (κ3) is 2.84. The van der Waals surface area contributed by atoms with Crippen LogP contribution in [-0.4, -0.2) is 29.9 Å². The molecule has 2 rings (SSSR count). The summed E-state index contributed by atoms with van der Waals surface area (Å²) >= 11 is 0. The van der Waals surface area contributed by atoms with Gasteiger partial charge in [0.25, 0.3) is 0 Å². The Morgan fingerprint density at radius 3 is 2.67 bits per heavy atom. The first-order valence-electron chi connectivity index (χ1n) is 6.33. The highest BCUT2D eigenvalue weighted by Gasteiger charge is 2.44. The molecule has 1 aliphatic heterocycles. The average molecular weight is 249 g/mol. The van der Waals surface area contributed by atoms with E-state index in [9.17, 15) is 0 Å². The summed E-state index contributed by atoms with van der Waals surface area (Å²) in [6, 6.07) is 1.92. The average Bonchev–Trinajstić information content (AvgIpc) is 2.53. The first-order chi connectivity index (χ1) is 8.38. The molecule has 1 fully saturated rings. The zero-order valence-electron chi connectivity index (χ0n) is 11.6. The first-order valence-corrected chi connectivity index (χ1v) is 6.33. The number of ether oxygens (including phenoxy) is 1. The number of nitrogens with zero attached hydrogens (tertiary/aromatic N) is 1. The van der Waals surface area contributed by atoms with Gasteiger partial charge in [-0.2, -0.15) is 0 Å². The fourth-order valence-corrected chi connectivity index (χ4v) is 1.80. The molecular formula is C13H20BNO3. The third-order valence-electron chi connectivity index (χ3n) is 3.10. The van der Waals surface area contributed by atoms with Crippen molar-refractivity contribution in [3.63, 3.8) is 0 Å². The molecule has 2 heterocycles. The molecule has 4 nitrogen and oxygen atoms in total. The van der Waals surface area contributed by atoms with Gasteiger partial charge in [-0.3, -0.25) is 4.98 Å². The Balaban J connectivity index is 2.15. The van der Waals surface area contributed by atoms with Crippen molar-refractivity contribution in [3.05, 3.63) is 18.5 Å². The van der Waals surface area contributed by atoms with Gasteiger partial charge in [-0.15, -0.1) is 0 Å². The smallest absolute Gasteiger partial charge is 0.489 e. The van der Waals surface area contributed by atoms with Crippen molar-refractivity contribution >= 4 is 12.6 Å². The molecule has 0 saturated carbocycles. The van der Waals surface area contributed by atoms with E-state index in [-0.39, 0.29) is 24.9 Å². The molecule has 0 aromatic carbocycles. The van der Waals surface area contributed by atoms with Crippen LogP contribution in [0, 0.1) is 0 Å². The highest BCUT2D eigenvalue weighted by Crippen LogP contribution is 2.27. The highest BCUT2D eigenvalue weighted by molar-refractivity contribution is 6.61. The summed E-state index contributed by atoms with van der Waals surface area (Å²) in [5, 5.41) is 0.